The number of hydrogen-bond acceptors (Lipinski definition) is 4. The predicted octanol–water partition coefficient (Wildman–Crippen LogP) is 3.91. The van der Waals surface area contributed by atoms with E-state index in [9.17, 15) is 9.18 Å². The number of halogens is 1. The Balaban J connectivity index is 1.59. The number of aryl methyl sites for hydroxylation is 1. The molecule has 0 fully saturated rings. The number of nitrogens with one attached hydrogen (secondary N) is 1. The van der Waals surface area contributed by atoms with Crippen LogP contribution in [0.5, 0.6) is 5.75 Å². The minimum atomic E-state index is -0.418. The smallest absolute Gasteiger partial charge is 0.255 e. The van der Waals surface area contributed by atoms with Crippen molar-refractivity contribution in [1.82, 2.24) is 24.9 Å². The van der Waals surface area contributed by atoms with E-state index in [4.69, 9.17) is 4.74 Å². The number of ether oxygens (including phenoxy) is 1. The summed E-state index contributed by atoms with van der Waals surface area (Å²) in [6.45, 7) is 1.80. The van der Waals surface area contributed by atoms with E-state index in [-0.39, 0.29) is 5.91 Å². The largest absolute Gasteiger partial charge is 0.496 e. The van der Waals surface area contributed by atoms with Gasteiger partial charge in [-0.3, -0.25) is 9.48 Å². The van der Waals surface area contributed by atoms with Crippen molar-refractivity contribution in [3.63, 3.8) is 0 Å². The van der Waals surface area contributed by atoms with E-state index in [1.165, 1.54) is 10.7 Å². The summed E-state index contributed by atoms with van der Waals surface area (Å²) in [6, 6.07) is 13.5. The number of nitrogens with zero attached hydrogens (tertiary/aromatic N) is 4. The lowest BCUT2D eigenvalue weighted by Gasteiger charge is -2.16. The summed E-state index contributed by atoms with van der Waals surface area (Å²) in [5.74, 6) is -0.101. The van der Waals surface area contributed by atoms with Crippen LogP contribution in [0.15, 0.2) is 67.1 Å². The Morgan fingerprint density at radius 1 is 1.19 bits per heavy atom. The van der Waals surface area contributed by atoms with E-state index in [1.807, 2.05) is 24.3 Å². The Hall–Kier alpha value is -3.94. The predicted molar refractivity (Wildman–Crippen MR) is 115 cm³/mol. The number of para-hydroxylation sites is 1. The maximum atomic E-state index is 14.6. The maximum Gasteiger partial charge on any atom is 0.255 e. The van der Waals surface area contributed by atoms with Gasteiger partial charge >= 0.3 is 0 Å². The molecule has 0 spiro atoms. The lowest BCUT2D eigenvalue weighted by molar-refractivity contribution is 0.0940. The van der Waals surface area contributed by atoms with Crippen molar-refractivity contribution in [2.75, 3.05) is 7.11 Å². The van der Waals surface area contributed by atoms with E-state index in [0.29, 0.717) is 28.3 Å². The fourth-order valence-corrected chi connectivity index (χ4v) is 3.44. The van der Waals surface area contributed by atoms with Crippen LogP contribution < -0.4 is 10.1 Å². The quantitative estimate of drug-likeness (QED) is 0.514. The summed E-state index contributed by atoms with van der Waals surface area (Å²) >= 11 is 0. The Bertz CT molecular complexity index is 1220. The number of carbonyl (C=O) groups excluding carboxylic acids is 1. The van der Waals surface area contributed by atoms with Crippen LogP contribution in [0, 0.1) is 5.82 Å². The second-order valence-corrected chi connectivity index (χ2v) is 7.12. The van der Waals surface area contributed by atoms with Gasteiger partial charge in [0.25, 0.3) is 5.91 Å². The van der Waals surface area contributed by atoms with Crippen molar-refractivity contribution in [1.29, 1.82) is 0 Å². The van der Waals surface area contributed by atoms with Gasteiger partial charge < -0.3 is 10.1 Å². The highest BCUT2D eigenvalue weighted by atomic mass is 19.1. The van der Waals surface area contributed by atoms with Gasteiger partial charge in [0.1, 0.15) is 22.9 Å². The van der Waals surface area contributed by atoms with Gasteiger partial charge in [-0.05, 0) is 42.8 Å². The molecule has 2 aromatic heterocycles. The van der Waals surface area contributed by atoms with Crippen LogP contribution in [0.4, 0.5) is 4.39 Å². The third-order valence-corrected chi connectivity index (χ3v) is 5.01. The molecule has 4 aromatic rings. The number of aromatic nitrogens is 4. The van der Waals surface area contributed by atoms with E-state index in [2.05, 4.69) is 15.5 Å². The standard InChI is InChI=1S/C23H22FN5O2/c1-15(16-9-10-20(19(24)13-16)29-12-6-11-25-29)26-23(30)18-14-28(2)27-22(18)17-7-4-5-8-21(17)31-3/h4-15H,1-3H3,(H,26,30)/t15-/m0/s1. The lowest BCUT2D eigenvalue weighted by atomic mass is 10.0. The van der Waals surface area contributed by atoms with Crippen LogP contribution in [0.25, 0.3) is 16.9 Å². The second-order valence-electron chi connectivity index (χ2n) is 7.12. The van der Waals surface area contributed by atoms with Crippen molar-refractivity contribution in [2.45, 2.75) is 13.0 Å². The molecule has 2 aromatic carbocycles. The zero-order chi connectivity index (χ0) is 22.0. The fraction of sp³-hybridized carbons (Fsp3) is 0.174. The average Bonchev–Trinajstić information content (AvgIpc) is 3.43. The maximum absolute atomic E-state index is 14.6. The van der Waals surface area contributed by atoms with Crippen molar-refractivity contribution in [2.24, 2.45) is 7.05 Å². The first-order valence-corrected chi connectivity index (χ1v) is 9.75. The number of benzene rings is 2. The zero-order valence-corrected chi connectivity index (χ0v) is 17.4. The molecule has 1 atom stereocenters. The Morgan fingerprint density at radius 2 is 2.00 bits per heavy atom. The molecule has 7 nitrogen and oxygen atoms in total. The third kappa shape index (κ3) is 4.05. The number of methoxy groups -OCH3 is 1. The summed E-state index contributed by atoms with van der Waals surface area (Å²) in [6.07, 6.45) is 4.92. The zero-order valence-electron chi connectivity index (χ0n) is 17.4. The summed E-state index contributed by atoms with van der Waals surface area (Å²) in [7, 11) is 3.33. The molecule has 0 aliphatic heterocycles. The van der Waals surface area contributed by atoms with E-state index in [1.54, 1.807) is 62.6 Å². The van der Waals surface area contributed by atoms with E-state index < -0.39 is 11.9 Å². The second kappa shape index (κ2) is 8.43. The molecule has 0 saturated heterocycles. The van der Waals surface area contributed by atoms with Crippen molar-refractivity contribution in [3.05, 3.63) is 84.1 Å². The Morgan fingerprint density at radius 3 is 2.71 bits per heavy atom. The average molecular weight is 419 g/mol. The molecular weight excluding hydrogens is 397 g/mol. The first kappa shape index (κ1) is 20.3. The normalized spacial score (nSPS) is 11.9. The summed E-state index contributed by atoms with van der Waals surface area (Å²) in [4.78, 5) is 13.1. The van der Waals surface area contributed by atoms with Gasteiger partial charge in [-0.25, -0.2) is 9.07 Å². The highest BCUT2D eigenvalue weighted by Crippen LogP contribution is 2.31. The molecule has 158 valence electrons. The fourth-order valence-electron chi connectivity index (χ4n) is 3.44. The molecule has 0 aliphatic carbocycles. The Labute approximate surface area is 179 Å². The van der Waals surface area contributed by atoms with Crippen LogP contribution in [0.2, 0.25) is 0 Å². The molecule has 0 unspecified atom stereocenters. The minimum absolute atomic E-state index is 0.307. The molecule has 1 N–H and O–H groups in total. The summed E-state index contributed by atoms with van der Waals surface area (Å²) in [5.41, 5.74) is 2.64. The molecular formula is C23H22FN5O2. The minimum Gasteiger partial charge on any atom is -0.496 e. The van der Waals surface area contributed by atoms with E-state index in [0.717, 1.165) is 5.56 Å². The SMILES string of the molecule is COc1ccccc1-c1nn(C)cc1C(=O)N[C@@H](C)c1ccc(-n2cccn2)c(F)c1. The van der Waals surface area contributed by atoms with E-state index >= 15 is 0 Å². The third-order valence-electron chi connectivity index (χ3n) is 5.01. The Kier molecular flexibility index (Phi) is 5.53. The molecule has 8 heteroatoms. The van der Waals surface area contributed by atoms with Gasteiger partial charge in [0.2, 0.25) is 0 Å². The van der Waals surface area contributed by atoms with Crippen molar-refractivity contribution >= 4 is 5.91 Å². The number of carbonyl (C=O) groups is 1. The van der Waals surface area contributed by atoms with Crippen molar-refractivity contribution < 1.29 is 13.9 Å². The van der Waals surface area contributed by atoms with Crippen molar-refractivity contribution in [3.8, 4) is 22.7 Å². The van der Waals surface area contributed by atoms with Gasteiger partial charge in [0.05, 0.1) is 18.7 Å². The summed E-state index contributed by atoms with van der Waals surface area (Å²) in [5, 5.41) is 11.4. The molecule has 1 amide bonds. The van der Waals surface area contributed by atoms with Gasteiger partial charge in [0, 0.05) is 31.2 Å². The van der Waals surface area contributed by atoms with Gasteiger partial charge in [-0.2, -0.15) is 10.2 Å². The molecule has 0 saturated carbocycles. The monoisotopic (exact) mass is 419 g/mol. The van der Waals surface area contributed by atoms with Crippen LogP contribution in [-0.4, -0.2) is 32.6 Å². The lowest BCUT2D eigenvalue weighted by Crippen LogP contribution is -2.27. The van der Waals surface area contributed by atoms with Gasteiger partial charge in [0.15, 0.2) is 0 Å². The van der Waals surface area contributed by atoms with Crippen LogP contribution in [-0.2, 0) is 7.05 Å². The van der Waals surface area contributed by atoms with Gasteiger partial charge in [-0.15, -0.1) is 0 Å². The number of hydrogen-bond donors (Lipinski definition) is 1. The van der Waals surface area contributed by atoms with Crippen LogP contribution >= 0.6 is 0 Å². The molecule has 2 heterocycles. The molecule has 0 aliphatic rings. The number of rotatable bonds is 6. The van der Waals surface area contributed by atoms with Gasteiger partial charge in [-0.1, -0.05) is 18.2 Å². The highest BCUT2D eigenvalue weighted by Gasteiger charge is 2.21. The number of amides is 1. The molecule has 0 bridgehead atoms. The molecule has 0 radical (unpaired) electrons. The van der Waals surface area contributed by atoms with Crippen LogP contribution in [0.3, 0.4) is 0 Å². The first-order valence-electron chi connectivity index (χ1n) is 9.75. The molecule has 31 heavy (non-hydrogen) atoms. The topological polar surface area (TPSA) is 74.0 Å². The highest BCUT2D eigenvalue weighted by molar-refractivity contribution is 6.00. The van der Waals surface area contributed by atoms with Crippen LogP contribution in [0.1, 0.15) is 28.9 Å². The summed E-state index contributed by atoms with van der Waals surface area (Å²) < 4.78 is 23.1. The molecule has 4 rings (SSSR count). The first-order chi connectivity index (χ1) is 15.0.